The van der Waals surface area contributed by atoms with Gasteiger partial charge in [-0.2, -0.15) is 0 Å². The lowest BCUT2D eigenvalue weighted by atomic mass is 9.98. The van der Waals surface area contributed by atoms with Crippen molar-refractivity contribution >= 4 is 0 Å². The average Bonchev–Trinajstić information content (AvgIpc) is 2.41. The molecule has 5 heteroatoms. The van der Waals surface area contributed by atoms with Crippen LogP contribution >= 0.6 is 0 Å². The number of rotatable bonds is 4. The van der Waals surface area contributed by atoms with Crippen molar-refractivity contribution in [1.82, 2.24) is 9.97 Å². The lowest BCUT2D eigenvalue weighted by molar-refractivity contribution is 0.573. The van der Waals surface area contributed by atoms with E-state index in [1.165, 1.54) is 12.1 Å². The van der Waals surface area contributed by atoms with E-state index in [0.717, 1.165) is 23.0 Å². The van der Waals surface area contributed by atoms with E-state index in [4.69, 9.17) is 5.73 Å². The van der Waals surface area contributed by atoms with Gasteiger partial charge in [-0.1, -0.05) is 13.0 Å². The first-order valence-corrected chi connectivity index (χ1v) is 6.90. The molecule has 0 amide bonds. The van der Waals surface area contributed by atoms with Gasteiger partial charge in [-0.3, -0.25) is 0 Å². The summed E-state index contributed by atoms with van der Waals surface area (Å²) in [7, 11) is 0. The number of hydrogen-bond donors (Lipinski definition) is 1. The molecule has 2 N–H and O–H groups in total. The van der Waals surface area contributed by atoms with Crippen molar-refractivity contribution in [3.05, 3.63) is 58.2 Å². The number of nitrogens with two attached hydrogens (primary N) is 1. The summed E-state index contributed by atoms with van der Waals surface area (Å²) in [4.78, 5) is 8.87. The molecule has 2 aromatic rings. The first kappa shape index (κ1) is 15.5. The van der Waals surface area contributed by atoms with Gasteiger partial charge >= 0.3 is 0 Å². The van der Waals surface area contributed by atoms with E-state index in [1.54, 1.807) is 0 Å². The lowest BCUT2D eigenvalue weighted by Crippen LogP contribution is -2.15. The molecule has 1 unspecified atom stereocenters. The molecule has 0 fully saturated rings. The number of benzene rings is 1. The summed E-state index contributed by atoms with van der Waals surface area (Å²) in [5.74, 6) is -0.449. The van der Waals surface area contributed by atoms with Gasteiger partial charge in [0, 0.05) is 23.9 Å². The molecule has 0 spiro atoms. The van der Waals surface area contributed by atoms with Crippen molar-refractivity contribution in [2.24, 2.45) is 5.73 Å². The summed E-state index contributed by atoms with van der Waals surface area (Å²) in [5.41, 5.74) is 8.84. The molecule has 0 saturated heterocycles. The highest BCUT2D eigenvalue weighted by Crippen LogP contribution is 2.21. The molecule has 1 aromatic carbocycles. The van der Waals surface area contributed by atoms with E-state index >= 15 is 0 Å². The Morgan fingerprint density at radius 2 is 1.76 bits per heavy atom. The predicted octanol–water partition coefficient (Wildman–Crippen LogP) is 3.02. The number of aromatic nitrogens is 2. The van der Waals surface area contributed by atoms with Crippen molar-refractivity contribution in [3.63, 3.8) is 0 Å². The van der Waals surface area contributed by atoms with Crippen molar-refractivity contribution in [3.8, 4) is 0 Å². The molecule has 1 aromatic heterocycles. The molecule has 0 aliphatic heterocycles. The fourth-order valence-electron chi connectivity index (χ4n) is 2.54. The highest BCUT2D eigenvalue weighted by molar-refractivity contribution is 5.30. The van der Waals surface area contributed by atoms with E-state index in [9.17, 15) is 8.78 Å². The minimum absolute atomic E-state index is 0.182. The molecule has 0 saturated carbocycles. The fraction of sp³-hybridized carbons (Fsp3) is 0.375. The standard InChI is InChI=1S/C16H19F2N3/c1-9(8-19)16-10(2)20-15(21-11(16)3)6-12-4-5-13(17)7-14(12)18/h4-5,7,9H,6,8,19H2,1-3H3. The molecular weight excluding hydrogens is 272 g/mol. The first-order chi connectivity index (χ1) is 9.92. The molecule has 2 rings (SSSR count). The Hall–Kier alpha value is -1.88. The number of aryl methyl sites for hydroxylation is 2. The molecule has 0 bridgehead atoms. The van der Waals surface area contributed by atoms with Crippen LogP contribution < -0.4 is 5.73 Å². The van der Waals surface area contributed by atoms with Gasteiger partial charge in [-0.15, -0.1) is 0 Å². The highest BCUT2D eigenvalue weighted by Gasteiger charge is 2.15. The summed E-state index contributed by atoms with van der Waals surface area (Å²) >= 11 is 0. The summed E-state index contributed by atoms with van der Waals surface area (Å²) in [5, 5.41) is 0. The van der Waals surface area contributed by atoms with Crippen molar-refractivity contribution in [2.45, 2.75) is 33.1 Å². The Kier molecular flexibility index (Phi) is 4.63. The molecule has 0 aliphatic rings. The summed E-state index contributed by atoms with van der Waals surface area (Å²) < 4.78 is 26.6. The van der Waals surface area contributed by atoms with Crippen LogP contribution in [0.25, 0.3) is 0 Å². The Balaban J connectivity index is 2.34. The number of halogens is 2. The van der Waals surface area contributed by atoms with Gasteiger partial charge in [0.15, 0.2) is 0 Å². The van der Waals surface area contributed by atoms with Gasteiger partial charge in [-0.25, -0.2) is 18.7 Å². The monoisotopic (exact) mass is 291 g/mol. The molecule has 112 valence electrons. The van der Waals surface area contributed by atoms with E-state index in [-0.39, 0.29) is 12.3 Å². The number of nitrogens with zero attached hydrogens (tertiary/aromatic N) is 2. The van der Waals surface area contributed by atoms with Crippen LogP contribution in [0.2, 0.25) is 0 Å². The topological polar surface area (TPSA) is 51.8 Å². The third-order valence-corrected chi connectivity index (χ3v) is 3.58. The zero-order valence-corrected chi connectivity index (χ0v) is 12.5. The Labute approximate surface area is 123 Å². The van der Waals surface area contributed by atoms with Crippen LogP contribution in [0, 0.1) is 25.5 Å². The van der Waals surface area contributed by atoms with Crippen molar-refractivity contribution in [2.75, 3.05) is 6.54 Å². The van der Waals surface area contributed by atoms with Crippen molar-refractivity contribution in [1.29, 1.82) is 0 Å². The van der Waals surface area contributed by atoms with Gasteiger partial charge in [0.2, 0.25) is 0 Å². The summed E-state index contributed by atoms with van der Waals surface area (Å²) in [6, 6.07) is 3.54. The zero-order valence-electron chi connectivity index (χ0n) is 12.5. The van der Waals surface area contributed by atoms with Gasteiger partial charge in [0.1, 0.15) is 17.5 Å². The summed E-state index contributed by atoms with van der Waals surface area (Å²) in [6.45, 7) is 6.36. The summed E-state index contributed by atoms with van der Waals surface area (Å²) in [6.07, 6.45) is 0.241. The van der Waals surface area contributed by atoms with E-state index in [0.29, 0.717) is 17.9 Å². The molecule has 3 nitrogen and oxygen atoms in total. The Morgan fingerprint density at radius 1 is 1.14 bits per heavy atom. The zero-order chi connectivity index (χ0) is 15.6. The predicted molar refractivity (Wildman–Crippen MR) is 78.1 cm³/mol. The second-order valence-electron chi connectivity index (χ2n) is 5.27. The minimum atomic E-state index is -0.586. The third kappa shape index (κ3) is 3.42. The van der Waals surface area contributed by atoms with Crippen molar-refractivity contribution < 1.29 is 8.78 Å². The van der Waals surface area contributed by atoms with Gasteiger partial charge in [0.25, 0.3) is 0 Å². The van der Waals surface area contributed by atoms with E-state index in [2.05, 4.69) is 9.97 Å². The molecule has 0 radical (unpaired) electrons. The second kappa shape index (κ2) is 6.26. The molecular formula is C16H19F2N3. The first-order valence-electron chi connectivity index (χ1n) is 6.90. The average molecular weight is 291 g/mol. The maximum Gasteiger partial charge on any atom is 0.133 e. The quantitative estimate of drug-likeness (QED) is 0.942. The second-order valence-corrected chi connectivity index (χ2v) is 5.27. The normalized spacial score (nSPS) is 12.5. The lowest BCUT2D eigenvalue weighted by Gasteiger charge is -2.15. The van der Waals surface area contributed by atoms with Gasteiger partial charge < -0.3 is 5.73 Å². The van der Waals surface area contributed by atoms with Crippen LogP contribution in [0.4, 0.5) is 8.78 Å². The van der Waals surface area contributed by atoms with Crippen LogP contribution in [0.1, 0.15) is 41.2 Å². The highest BCUT2D eigenvalue weighted by atomic mass is 19.1. The van der Waals surface area contributed by atoms with Crippen LogP contribution in [-0.4, -0.2) is 16.5 Å². The minimum Gasteiger partial charge on any atom is -0.330 e. The third-order valence-electron chi connectivity index (χ3n) is 3.58. The number of hydrogen-bond acceptors (Lipinski definition) is 3. The largest absolute Gasteiger partial charge is 0.330 e. The maximum atomic E-state index is 13.7. The SMILES string of the molecule is Cc1nc(Cc2ccc(F)cc2F)nc(C)c1C(C)CN. The van der Waals surface area contributed by atoms with Gasteiger partial charge in [-0.05, 0) is 43.5 Å². The molecule has 1 heterocycles. The fourth-order valence-corrected chi connectivity index (χ4v) is 2.54. The Bertz CT molecular complexity index is 633. The van der Waals surface area contributed by atoms with Crippen LogP contribution in [-0.2, 0) is 6.42 Å². The molecule has 21 heavy (non-hydrogen) atoms. The van der Waals surface area contributed by atoms with Crippen LogP contribution in [0.3, 0.4) is 0 Å². The maximum absolute atomic E-state index is 13.7. The van der Waals surface area contributed by atoms with Crippen LogP contribution in [0.15, 0.2) is 18.2 Å². The Morgan fingerprint density at radius 3 is 2.29 bits per heavy atom. The molecule has 0 aliphatic carbocycles. The van der Waals surface area contributed by atoms with Crippen LogP contribution in [0.5, 0.6) is 0 Å². The van der Waals surface area contributed by atoms with E-state index in [1.807, 2.05) is 20.8 Å². The van der Waals surface area contributed by atoms with E-state index < -0.39 is 11.6 Å². The van der Waals surface area contributed by atoms with Gasteiger partial charge in [0.05, 0.1) is 0 Å². The molecule has 1 atom stereocenters. The smallest absolute Gasteiger partial charge is 0.133 e.